The lowest BCUT2D eigenvalue weighted by Gasteiger charge is -2.14. The molecule has 2 rings (SSSR count). The Morgan fingerprint density at radius 3 is 1.92 bits per heavy atom. The number of ketones is 1. The maximum atomic E-state index is 13.0. The minimum Gasteiger partial charge on any atom is -0.481 e. The van der Waals surface area contributed by atoms with Crippen molar-refractivity contribution in [2.45, 2.75) is 26.7 Å². The summed E-state index contributed by atoms with van der Waals surface area (Å²) in [5.41, 5.74) is 2.23. The molecule has 0 amide bonds. The molecule has 0 aliphatic heterocycles. The average Bonchev–Trinajstić information content (AvgIpc) is 2.54. The summed E-state index contributed by atoms with van der Waals surface area (Å²) in [5, 5.41) is 9.25. The number of carbonyl (C=O) groups excluding carboxylic acids is 1. The van der Waals surface area contributed by atoms with Crippen LogP contribution in [0.1, 0.15) is 37.0 Å². The molecule has 0 fully saturated rings. The predicted octanol–water partition coefficient (Wildman–Crippen LogP) is 4.81. The van der Waals surface area contributed by atoms with Gasteiger partial charge in [0.2, 0.25) is 0 Å². The van der Waals surface area contributed by atoms with Gasteiger partial charge in [0.15, 0.2) is 5.78 Å². The van der Waals surface area contributed by atoms with Crippen LogP contribution in [0.25, 0.3) is 11.1 Å². The largest absolute Gasteiger partial charge is 0.481 e. The van der Waals surface area contributed by atoms with Gasteiger partial charge in [-0.1, -0.05) is 50.2 Å². The molecule has 0 bridgehead atoms. The molecular formula is C20H21FO3. The van der Waals surface area contributed by atoms with Crippen molar-refractivity contribution in [3.8, 4) is 11.1 Å². The number of hydrogen-bond donors (Lipinski definition) is 1. The van der Waals surface area contributed by atoms with Crippen LogP contribution < -0.4 is 0 Å². The van der Waals surface area contributed by atoms with Gasteiger partial charge in [-0.05, 0) is 35.6 Å². The van der Waals surface area contributed by atoms with Gasteiger partial charge in [0, 0.05) is 12.0 Å². The van der Waals surface area contributed by atoms with Crippen molar-refractivity contribution < 1.29 is 19.1 Å². The van der Waals surface area contributed by atoms with E-state index in [1.54, 1.807) is 36.4 Å². The summed E-state index contributed by atoms with van der Waals surface area (Å²) in [4.78, 5) is 23.6. The third-order valence-electron chi connectivity index (χ3n) is 3.92. The fourth-order valence-corrected chi connectivity index (χ4v) is 2.67. The maximum absolute atomic E-state index is 13.0. The summed E-state index contributed by atoms with van der Waals surface area (Å²) in [6.07, 6.45) is 0.484. The van der Waals surface area contributed by atoms with E-state index in [0.29, 0.717) is 12.0 Å². The molecule has 1 N–H and O–H groups in total. The van der Waals surface area contributed by atoms with Crippen molar-refractivity contribution in [3.05, 3.63) is 59.9 Å². The van der Waals surface area contributed by atoms with E-state index in [1.807, 2.05) is 13.8 Å². The molecule has 4 heteroatoms. The number of Topliss-reactive ketones (excluding diaryl/α,β-unsaturated/α-hetero) is 1. The summed E-state index contributed by atoms with van der Waals surface area (Å²) in [6.45, 7) is 3.88. The molecule has 24 heavy (non-hydrogen) atoms. The van der Waals surface area contributed by atoms with E-state index in [2.05, 4.69) is 0 Å². The van der Waals surface area contributed by atoms with Gasteiger partial charge in [-0.25, -0.2) is 4.39 Å². The van der Waals surface area contributed by atoms with Crippen LogP contribution in [0.4, 0.5) is 4.39 Å². The van der Waals surface area contributed by atoms with E-state index in [4.69, 9.17) is 0 Å². The molecule has 0 saturated heterocycles. The van der Waals surface area contributed by atoms with Gasteiger partial charge in [0.05, 0.1) is 5.92 Å². The van der Waals surface area contributed by atoms with E-state index in [-0.39, 0.29) is 23.9 Å². The van der Waals surface area contributed by atoms with Crippen LogP contribution in [0.15, 0.2) is 48.5 Å². The molecule has 0 aromatic heterocycles. The highest BCUT2D eigenvalue weighted by atomic mass is 19.1. The minimum atomic E-state index is -0.931. The van der Waals surface area contributed by atoms with Crippen molar-refractivity contribution in [3.63, 3.8) is 0 Å². The molecule has 0 saturated carbocycles. The highest BCUT2D eigenvalue weighted by Gasteiger charge is 2.23. The molecule has 3 nitrogen and oxygen atoms in total. The second kappa shape index (κ2) is 7.86. The third-order valence-corrected chi connectivity index (χ3v) is 3.92. The van der Waals surface area contributed by atoms with Crippen LogP contribution in [0, 0.1) is 17.7 Å². The van der Waals surface area contributed by atoms with Crippen LogP contribution in [0.3, 0.4) is 0 Å². The van der Waals surface area contributed by atoms with Gasteiger partial charge in [0.25, 0.3) is 0 Å². The van der Waals surface area contributed by atoms with Gasteiger partial charge in [-0.15, -0.1) is 0 Å². The molecule has 2 aromatic carbocycles. The predicted molar refractivity (Wildman–Crippen MR) is 91.4 cm³/mol. The highest BCUT2D eigenvalue weighted by molar-refractivity contribution is 5.98. The molecule has 126 valence electrons. The van der Waals surface area contributed by atoms with Crippen molar-refractivity contribution in [1.29, 1.82) is 0 Å². The van der Waals surface area contributed by atoms with Crippen LogP contribution in [0.5, 0.6) is 0 Å². The SMILES string of the molecule is CC(C)CC(CC(=O)c1ccc(-c2ccc(F)cc2)cc1)C(=O)O. The Balaban J connectivity index is 2.10. The fourth-order valence-electron chi connectivity index (χ4n) is 2.67. The Bertz CT molecular complexity index is 703. The standard InChI is InChI=1S/C20H21FO3/c1-13(2)11-17(20(23)24)12-19(22)16-5-3-14(4-6-16)15-7-9-18(21)10-8-15/h3-10,13,17H,11-12H2,1-2H3,(H,23,24). The molecule has 2 aromatic rings. The first kappa shape index (κ1) is 17.9. The molecule has 0 radical (unpaired) electrons. The van der Waals surface area contributed by atoms with Crippen molar-refractivity contribution in [2.24, 2.45) is 11.8 Å². The summed E-state index contributed by atoms with van der Waals surface area (Å²) < 4.78 is 13.0. The second-order valence-electron chi connectivity index (χ2n) is 6.38. The fraction of sp³-hybridized carbons (Fsp3) is 0.300. The number of hydrogen-bond acceptors (Lipinski definition) is 2. The van der Waals surface area contributed by atoms with Crippen molar-refractivity contribution in [1.82, 2.24) is 0 Å². The summed E-state index contributed by atoms with van der Waals surface area (Å²) >= 11 is 0. The normalized spacial score (nSPS) is 12.2. The van der Waals surface area contributed by atoms with Gasteiger partial charge >= 0.3 is 5.97 Å². The van der Waals surface area contributed by atoms with Gasteiger partial charge < -0.3 is 5.11 Å². The number of aliphatic carboxylic acids is 1. The lowest BCUT2D eigenvalue weighted by Crippen LogP contribution is -2.20. The topological polar surface area (TPSA) is 54.4 Å². The van der Waals surface area contributed by atoms with Crippen LogP contribution in [0.2, 0.25) is 0 Å². The highest BCUT2D eigenvalue weighted by Crippen LogP contribution is 2.22. The smallest absolute Gasteiger partial charge is 0.306 e. The maximum Gasteiger partial charge on any atom is 0.306 e. The zero-order valence-electron chi connectivity index (χ0n) is 13.8. The molecule has 1 unspecified atom stereocenters. The minimum absolute atomic E-state index is 0.00338. The Kier molecular flexibility index (Phi) is 5.85. The first-order chi connectivity index (χ1) is 11.4. The summed E-state index contributed by atoms with van der Waals surface area (Å²) in [5.74, 6) is -1.84. The molecule has 1 atom stereocenters. The average molecular weight is 328 g/mol. The summed E-state index contributed by atoms with van der Waals surface area (Å²) in [6, 6.07) is 13.1. The first-order valence-electron chi connectivity index (χ1n) is 7.99. The molecule has 0 aliphatic carbocycles. The number of rotatable bonds is 7. The molecule has 0 spiro atoms. The second-order valence-corrected chi connectivity index (χ2v) is 6.38. The van der Waals surface area contributed by atoms with E-state index >= 15 is 0 Å². The number of halogens is 1. The Morgan fingerprint density at radius 2 is 1.46 bits per heavy atom. The van der Waals surface area contributed by atoms with E-state index in [1.165, 1.54) is 12.1 Å². The van der Waals surface area contributed by atoms with Crippen LogP contribution in [-0.2, 0) is 4.79 Å². The molecule has 0 aliphatic rings. The Hall–Kier alpha value is -2.49. The monoisotopic (exact) mass is 328 g/mol. The van der Waals surface area contributed by atoms with E-state index in [0.717, 1.165) is 11.1 Å². The molecular weight excluding hydrogens is 307 g/mol. The number of carboxylic acids is 1. The van der Waals surface area contributed by atoms with Gasteiger partial charge in [-0.3, -0.25) is 9.59 Å². The van der Waals surface area contributed by atoms with Crippen molar-refractivity contribution in [2.75, 3.05) is 0 Å². The van der Waals surface area contributed by atoms with Crippen LogP contribution >= 0.6 is 0 Å². The number of carboxylic acid groups (broad SMARTS) is 1. The lowest BCUT2D eigenvalue weighted by atomic mass is 9.90. The van der Waals surface area contributed by atoms with E-state index in [9.17, 15) is 19.1 Å². The molecule has 0 heterocycles. The van der Waals surface area contributed by atoms with E-state index < -0.39 is 11.9 Å². The number of benzene rings is 2. The first-order valence-corrected chi connectivity index (χ1v) is 7.99. The van der Waals surface area contributed by atoms with Crippen molar-refractivity contribution >= 4 is 11.8 Å². The zero-order valence-corrected chi connectivity index (χ0v) is 13.8. The lowest BCUT2D eigenvalue weighted by molar-refractivity contribution is -0.142. The summed E-state index contributed by atoms with van der Waals surface area (Å²) in [7, 11) is 0. The Morgan fingerprint density at radius 1 is 0.958 bits per heavy atom. The van der Waals surface area contributed by atoms with Gasteiger partial charge in [0.1, 0.15) is 5.82 Å². The van der Waals surface area contributed by atoms with Crippen LogP contribution in [-0.4, -0.2) is 16.9 Å². The quantitative estimate of drug-likeness (QED) is 0.742. The Labute approximate surface area is 141 Å². The third kappa shape index (κ3) is 4.75. The van der Waals surface area contributed by atoms with Gasteiger partial charge in [-0.2, -0.15) is 0 Å². The zero-order chi connectivity index (χ0) is 17.7. The number of carbonyl (C=O) groups is 2.